The highest BCUT2D eigenvalue weighted by molar-refractivity contribution is 4.81. The molecular weight excluding hydrogens is 296 g/mol. The number of hydrogen-bond donors (Lipinski definition) is 1. The van der Waals surface area contributed by atoms with Gasteiger partial charge in [0.25, 0.3) is 0 Å². The molecule has 0 aliphatic rings. The zero-order chi connectivity index (χ0) is 17.6. The summed E-state index contributed by atoms with van der Waals surface area (Å²) in [6.07, 6.45) is 28.9. The quantitative estimate of drug-likeness (QED) is 0.105. The smallest absolute Gasteiger partial charge is 0.0819 e. The molecule has 0 aliphatic carbocycles. The van der Waals surface area contributed by atoms with Gasteiger partial charge in [-0.25, -0.2) is 4.89 Å². The molecule has 0 aromatic rings. The zero-order valence-corrected chi connectivity index (χ0v) is 16.4. The minimum absolute atomic E-state index is 0.493. The molecule has 0 heterocycles. The first kappa shape index (κ1) is 23.7. The lowest BCUT2D eigenvalue weighted by Crippen LogP contribution is -1.88. The summed E-state index contributed by atoms with van der Waals surface area (Å²) in [5, 5.41) is 8.21. The van der Waals surface area contributed by atoms with Crippen molar-refractivity contribution in [2.45, 2.75) is 122 Å². The lowest BCUT2D eigenvalue weighted by Gasteiger charge is -2.02. The Bertz CT molecular complexity index is 238. The average Bonchev–Trinajstić information content (AvgIpc) is 2.60. The molecule has 0 spiro atoms. The van der Waals surface area contributed by atoms with Gasteiger partial charge >= 0.3 is 0 Å². The Morgan fingerprint density at radius 2 is 0.917 bits per heavy atom. The van der Waals surface area contributed by atoms with E-state index in [2.05, 4.69) is 24.0 Å². The predicted octanol–water partition coefficient (Wildman–Crippen LogP) is 8.07. The van der Waals surface area contributed by atoms with Gasteiger partial charge in [-0.05, 0) is 32.1 Å². The van der Waals surface area contributed by atoms with E-state index in [-0.39, 0.29) is 0 Å². The Morgan fingerprint density at radius 3 is 1.33 bits per heavy atom. The topological polar surface area (TPSA) is 29.5 Å². The lowest BCUT2D eigenvalue weighted by molar-refractivity contribution is -0.242. The van der Waals surface area contributed by atoms with Crippen LogP contribution in [0.5, 0.6) is 0 Å². The highest BCUT2D eigenvalue weighted by atomic mass is 17.1. The second kappa shape index (κ2) is 22.7. The molecule has 0 atom stereocenters. The molecular formula is C22H44O2. The van der Waals surface area contributed by atoms with Crippen molar-refractivity contribution in [3.8, 4) is 0 Å². The van der Waals surface area contributed by atoms with Crippen LogP contribution in [0.25, 0.3) is 0 Å². The van der Waals surface area contributed by atoms with Crippen molar-refractivity contribution in [1.29, 1.82) is 0 Å². The first-order valence-electron chi connectivity index (χ1n) is 10.8. The summed E-state index contributed by atoms with van der Waals surface area (Å²) in [5.74, 6) is 0. The van der Waals surface area contributed by atoms with Crippen LogP contribution in [0.15, 0.2) is 12.2 Å². The second-order valence-electron chi connectivity index (χ2n) is 7.19. The van der Waals surface area contributed by atoms with E-state index in [1.54, 1.807) is 0 Å². The maximum absolute atomic E-state index is 8.21. The molecule has 0 rings (SSSR count). The SMILES string of the molecule is CCCCCCCC/C=C\CCCCCCCCCCCCOO. The van der Waals surface area contributed by atoms with Crippen LogP contribution in [0.3, 0.4) is 0 Å². The summed E-state index contributed by atoms with van der Waals surface area (Å²) in [6.45, 7) is 2.77. The van der Waals surface area contributed by atoms with Crippen molar-refractivity contribution in [2.24, 2.45) is 0 Å². The maximum Gasteiger partial charge on any atom is 0.0819 e. The monoisotopic (exact) mass is 340 g/mol. The van der Waals surface area contributed by atoms with Gasteiger partial charge in [-0.15, -0.1) is 0 Å². The van der Waals surface area contributed by atoms with Crippen molar-refractivity contribution in [3.63, 3.8) is 0 Å². The highest BCUT2D eigenvalue weighted by Gasteiger charge is 1.93. The van der Waals surface area contributed by atoms with Crippen LogP contribution in [0.4, 0.5) is 0 Å². The fraction of sp³-hybridized carbons (Fsp3) is 0.909. The van der Waals surface area contributed by atoms with Gasteiger partial charge in [0.15, 0.2) is 0 Å². The molecule has 0 aromatic heterocycles. The fourth-order valence-corrected chi connectivity index (χ4v) is 3.12. The van der Waals surface area contributed by atoms with Gasteiger partial charge in [0.05, 0.1) is 6.61 Å². The van der Waals surface area contributed by atoms with Gasteiger partial charge in [0.1, 0.15) is 0 Å². The number of unbranched alkanes of at least 4 members (excludes halogenated alkanes) is 16. The molecule has 0 saturated carbocycles. The van der Waals surface area contributed by atoms with Crippen molar-refractivity contribution in [1.82, 2.24) is 0 Å². The summed E-state index contributed by atoms with van der Waals surface area (Å²) >= 11 is 0. The van der Waals surface area contributed by atoms with Crippen LogP contribution in [0.1, 0.15) is 122 Å². The van der Waals surface area contributed by atoms with Crippen LogP contribution in [-0.4, -0.2) is 11.9 Å². The van der Waals surface area contributed by atoms with E-state index in [4.69, 9.17) is 5.26 Å². The zero-order valence-electron chi connectivity index (χ0n) is 16.4. The molecule has 144 valence electrons. The van der Waals surface area contributed by atoms with Gasteiger partial charge in [-0.3, -0.25) is 5.26 Å². The molecule has 24 heavy (non-hydrogen) atoms. The number of rotatable bonds is 20. The van der Waals surface area contributed by atoms with Crippen molar-refractivity contribution >= 4 is 0 Å². The summed E-state index contributed by atoms with van der Waals surface area (Å²) in [7, 11) is 0. The molecule has 0 aromatic carbocycles. The molecule has 1 N–H and O–H groups in total. The van der Waals surface area contributed by atoms with E-state index in [0.717, 1.165) is 6.42 Å². The summed E-state index contributed by atoms with van der Waals surface area (Å²) in [4.78, 5) is 4.07. The highest BCUT2D eigenvalue weighted by Crippen LogP contribution is 2.12. The van der Waals surface area contributed by atoms with Crippen molar-refractivity contribution in [3.05, 3.63) is 12.2 Å². The van der Waals surface area contributed by atoms with E-state index >= 15 is 0 Å². The maximum atomic E-state index is 8.21. The van der Waals surface area contributed by atoms with Crippen molar-refractivity contribution < 1.29 is 10.1 Å². The number of hydrogen-bond acceptors (Lipinski definition) is 2. The molecule has 2 nitrogen and oxygen atoms in total. The van der Waals surface area contributed by atoms with Crippen LogP contribution in [0.2, 0.25) is 0 Å². The van der Waals surface area contributed by atoms with Gasteiger partial charge < -0.3 is 0 Å². The van der Waals surface area contributed by atoms with Crippen molar-refractivity contribution in [2.75, 3.05) is 6.61 Å². The van der Waals surface area contributed by atoms with E-state index in [1.807, 2.05) is 0 Å². The first-order chi connectivity index (χ1) is 11.9. The van der Waals surface area contributed by atoms with Crippen LogP contribution in [0, 0.1) is 0 Å². The molecule has 0 radical (unpaired) electrons. The Labute approximate surface area is 152 Å². The van der Waals surface area contributed by atoms with Gasteiger partial charge in [0, 0.05) is 0 Å². The van der Waals surface area contributed by atoms with Crippen LogP contribution >= 0.6 is 0 Å². The molecule has 0 saturated heterocycles. The van der Waals surface area contributed by atoms with E-state index in [1.165, 1.54) is 109 Å². The summed E-state index contributed by atoms with van der Waals surface area (Å²) in [5.41, 5.74) is 0. The van der Waals surface area contributed by atoms with E-state index in [9.17, 15) is 0 Å². The average molecular weight is 341 g/mol. The minimum atomic E-state index is 0.493. The largest absolute Gasteiger partial charge is 0.252 e. The Kier molecular flexibility index (Phi) is 22.3. The van der Waals surface area contributed by atoms with Crippen LogP contribution in [-0.2, 0) is 4.89 Å². The first-order valence-corrected chi connectivity index (χ1v) is 10.8. The lowest BCUT2D eigenvalue weighted by atomic mass is 10.1. The summed E-state index contributed by atoms with van der Waals surface area (Å²) < 4.78 is 0. The Hall–Kier alpha value is -0.340. The second-order valence-corrected chi connectivity index (χ2v) is 7.19. The third kappa shape index (κ3) is 21.7. The van der Waals surface area contributed by atoms with Gasteiger partial charge in [-0.2, -0.15) is 0 Å². The molecule has 0 fully saturated rings. The van der Waals surface area contributed by atoms with E-state index < -0.39 is 0 Å². The standard InChI is InChI=1S/C22H44O2/c1-2-3-4-5-6-7-8-9-10-11-12-13-14-15-16-17-18-19-20-21-22-24-23/h9-10,23H,2-8,11-22H2,1H3/b10-9-. The molecule has 0 aliphatic heterocycles. The van der Waals surface area contributed by atoms with E-state index in [0.29, 0.717) is 6.61 Å². The fourth-order valence-electron chi connectivity index (χ4n) is 3.12. The Morgan fingerprint density at radius 1 is 0.542 bits per heavy atom. The summed E-state index contributed by atoms with van der Waals surface area (Å²) in [6, 6.07) is 0. The third-order valence-corrected chi connectivity index (χ3v) is 4.75. The predicted molar refractivity (Wildman–Crippen MR) is 107 cm³/mol. The van der Waals surface area contributed by atoms with Crippen LogP contribution < -0.4 is 0 Å². The molecule has 0 bridgehead atoms. The molecule has 0 amide bonds. The Balaban J connectivity index is 3.03. The number of allylic oxidation sites excluding steroid dienone is 2. The minimum Gasteiger partial charge on any atom is -0.252 e. The third-order valence-electron chi connectivity index (χ3n) is 4.75. The normalized spacial score (nSPS) is 11.6. The van der Waals surface area contributed by atoms with Gasteiger partial charge in [-0.1, -0.05) is 103 Å². The molecule has 2 heteroatoms. The molecule has 0 unspecified atom stereocenters. The van der Waals surface area contributed by atoms with Gasteiger partial charge in [0.2, 0.25) is 0 Å².